The van der Waals surface area contributed by atoms with Gasteiger partial charge in [0.1, 0.15) is 6.04 Å². The molecule has 2 saturated carbocycles. The quantitative estimate of drug-likeness (QED) is 0.581. The van der Waals surface area contributed by atoms with Crippen molar-refractivity contribution in [2.75, 3.05) is 11.5 Å². The number of rotatable bonds is 6. The lowest BCUT2D eigenvalue weighted by atomic mass is 9.91. The molecule has 0 aromatic rings. The normalized spacial score (nSPS) is 24.4. The average molecular weight is 473 g/mol. The highest BCUT2D eigenvalue weighted by molar-refractivity contribution is 8.13. The Morgan fingerprint density at radius 2 is 1.52 bits per heavy atom. The molecule has 1 saturated heterocycles. The molecule has 1 unspecified atom stereocenters. The van der Waals surface area contributed by atoms with Gasteiger partial charge in [0.05, 0.1) is 4.87 Å². The molecule has 0 aromatic carbocycles. The van der Waals surface area contributed by atoms with Crippen molar-refractivity contribution in [2.45, 2.75) is 114 Å². The lowest BCUT2D eigenvalue weighted by molar-refractivity contribution is -0.150. The zero-order valence-corrected chi connectivity index (χ0v) is 21.0. The molecule has 0 spiro atoms. The van der Waals surface area contributed by atoms with Gasteiger partial charge in [-0.15, -0.1) is 11.8 Å². The van der Waals surface area contributed by atoms with Gasteiger partial charge in [-0.05, 0) is 39.5 Å². The van der Waals surface area contributed by atoms with E-state index in [0.717, 1.165) is 23.8 Å². The summed E-state index contributed by atoms with van der Waals surface area (Å²) >= 11 is 2.55. The summed E-state index contributed by atoms with van der Waals surface area (Å²) in [5.74, 6) is -0.363. The van der Waals surface area contributed by atoms with Crippen molar-refractivity contribution >= 4 is 40.5 Å². The molecule has 2 aliphatic carbocycles. The van der Waals surface area contributed by atoms with Gasteiger partial charge in [0.2, 0.25) is 5.91 Å². The van der Waals surface area contributed by atoms with E-state index < -0.39 is 16.9 Å². The third-order valence-electron chi connectivity index (χ3n) is 6.34. The molecule has 3 rings (SSSR count). The van der Waals surface area contributed by atoms with E-state index in [2.05, 4.69) is 5.32 Å². The van der Waals surface area contributed by atoms with Crippen LogP contribution in [0.1, 0.15) is 91.4 Å². The number of carbonyl (C=O) groups is 3. The highest BCUT2D eigenvalue weighted by atomic mass is 32.2. The van der Waals surface area contributed by atoms with Crippen molar-refractivity contribution in [1.29, 1.82) is 0 Å². The minimum absolute atomic E-state index is 0.0346. The Balaban J connectivity index is 0.000000231. The first-order chi connectivity index (χ1) is 14.7. The number of nitrogens with zero attached hydrogens (tertiary/aromatic N) is 1. The molecule has 31 heavy (non-hydrogen) atoms. The maximum Gasteiger partial charge on any atom is 0.327 e. The van der Waals surface area contributed by atoms with Crippen LogP contribution in [0.2, 0.25) is 0 Å². The highest BCUT2D eigenvalue weighted by Crippen LogP contribution is 2.39. The van der Waals surface area contributed by atoms with Gasteiger partial charge in [-0.1, -0.05) is 50.3 Å². The van der Waals surface area contributed by atoms with Crippen molar-refractivity contribution in [3.05, 3.63) is 0 Å². The molecule has 0 aromatic heterocycles. The third kappa shape index (κ3) is 8.97. The highest BCUT2D eigenvalue weighted by Gasteiger charge is 2.46. The number of carbonyl (C=O) groups excluding carboxylic acids is 2. The molecule has 1 heterocycles. The number of carboxylic acid groups (broad SMARTS) is 1. The molecule has 178 valence electrons. The van der Waals surface area contributed by atoms with Crippen molar-refractivity contribution < 1.29 is 19.5 Å². The van der Waals surface area contributed by atoms with E-state index in [1.807, 2.05) is 13.8 Å². The Bertz CT molecular complexity index is 586. The van der Waals surface area contributed by atoms with Crippen LogP contribution >= 0.6 is 23.5 Å². The lowest BCUT2D eigenvalue weighted by Crippen LogP contribution is -2.49. The van der Waals surface area contributed by atoms with Crippen molar-refractivity contribution in [2.24, 2.45) is 0 Å². The molecule has 0 radical (unpaired) electrons. The van der Waals surface area contributed by atoms with E-state index in [1.54, 1.807) is 0 Å². The Labute approximate surface area is 196 Å². The number of thioether (sulfide) groups is 2. The summed E-state index contributed by atoms with van der Waals surface area (Å²) < 4.78 is 0. The zero-order chi connectivity index (χ0) is 22.9. The van der Waals surface area contributed by atoms with Crippen LogP contribution in [0.3, 0.4) is 0 Å². The van der Waals surface area contributed by atoms with Gasteiger partial charge in [-0.25, -0.2) is 4.79 Å². The Hall–Kier alpha value is -0.730. The fourth-order valence-electron chi connectivity index (χ4n) is 4.73. The second kappa shape index (κ2) is 13.1. The predicted octanol–water partition coefficient (Wildman–Crippen LogP) is 4.66. The number of hydrogen-bond donors (Lipinski definition) is 2. The lowest BCUT2D eigenvalue weighted by Gasteiger charge is -2.33. The van der Waals surface area contributed by atoms with Gasteiger partial charge < -0.3 is 15.3 Å². The second-order valence-electron chi connectivity index (χ2n) is 9.30. The van der Waals surface area contributed by atoms with Crippen LogP contribution in [0.15, 0.2) is 0 Å². The van der Waals surface area contributed by atoms with Gasteiger partial charge >= 0.3 is 5.97 Å². The van der Waals surface area contributed by atoms with Gasteiger partial charge in [0, 0.05) is 36.9 Å². The minimum atomic E-state index is -0.972. The van der Waals surface area contributed by atoms with E-state index in [4.69, 9.17) is 5.11 Å². The number of nitrogens with one attached hydrogen (secondary N) is 1. The number of amides is 1. The van der Waals surface area contributed by atoms with E-state index in [1.165, 1.54) is 87.8 Å². The molecule has 2 N–H and O–H groups in total. The third-order valence-corrected chi connectivity index (χ3v) is 8.54. The molecule has 3 aliphatic rings. The smallest absolute Gasteiger partial charge is 0.327 e. The Kier molecular flexibility index (Phi) is 11.2. The largest absolute Gasteiger partial charge is 0.480 e. The van der Waals surface area contributed by atoms with Crippen LogP contribution in [-0.2, 0) is 14.4 Å². The standard InChI is InChI=1S/C12H23N.C11H17NO4S2/c1-3-7-11(8-4-1)13-12-9-5-2-6-10-12;1-7(13)17-5-4-9(14)12-8(10(15)16)6-18-11(12,2)3/h11-13H,1-10H2;8H,4-6H2,1-3H3,(H,15,16). The molecule has 8 heteroatoms. The summed E-state index contributed by atoms with van der Waals surface area (Å²) in [6.07, 6.45) is 14.8. The predicted molar refractivity (Wildman–Crippen MR) is 129 cm³/mol. The Morgan fingerprint density at radius 3 is 1.97 bits per heavy atom. The minimum Gasteiger partial charge on any atom is -0.480 e. The van der Waals surface area contributed by atoms with Gasteiger partial charge in [-0.3, -0.25) is 9.59 Å². The van der Waals surface area contributed by atoms with Crippen LogP contribution < -0.4 is 5.32 Å². The first-order valence-corrected chi connectivity index (χ1v) is 13.8. The van der Waals surface area contributed by atoms with Gasteiger partial charge in [-0.2, -0.15) is 0 Å². The summed E-state index contributed by atoms with van der Waals surface area (Å²) in [5.41, 5.74) is 0. The van der Waals surface area contributed by atoms with E-state index in [0.29, 0.717) is 11.5 Å². The zero-order valence-electron chi connectivity index (χ0n) is 19.4. The van der Waals surface area contributed by atoms with Crippen LogP contribution in [-0.4, -0.2) is 61.5 Å². The fraction of sp³-hybridized carbons (Fsp3) is 0.870. The van der Waals surface area contributed by atoms with Crippen LogP contribution in [0.4, 0.5) is 0 Å². The molecular weight excluding hydrogens is 432 g/mol. The summed E-state index contributed by atoms with van der Waals surface area (Å²) in [6, 6.07) is 0.980. The molecule has 0 bridgehead atoms. The molecule has 1 amide bonds. The molecule has 3 fully saturated rings. The monoisotopic (exact) mass is 472 g/mol. The Morgan fingerprint density at radius 1 is 1.00 bits per heavy atom. The van der Waals surface area contributed by atoms with Crippen molar-refractivity contribution in [3.63, 3.8) is 0 Å². The molecule has 1 atom stereocenters. The van der Waals surface area contributed by atoms with E-state index >= 15 is 0 Å². The maximum absolute atomic E-state index is 12.1. The number of hydrogen-bond acceptors (Lipinski definition) is 6. The first-order valence-electron chi connectivity index (χ1n) is 11.8. The number of aliphatic carboxylic acids is 1. The number of carboxylic acids is 1. The summed E-state index contributed by atoms with van der Waals surface area (Å²) in [6.45, 7) is 5.14. The topological polar surface area (TPSA) is 86.7 Å². The first kappa shape index (κ1) is 26.5. The van der Waals surface area contributed by atoms with Crippen molar-refractivity contribution in [1.82, 2.24) is 10.2 Å². The van der Waals surface area contributed by atoms with Crippen LogP contribution in [0.5, 0.6) is 0 Å². The van der Waals surface area contributed by atoms with Crippen LogP contribution in [0.25, 0.3) is 0 Å². The summed E-state index contributed by atoms with van der Waals surface area (Å²) in [4.78, 5) is 34.9. The van der Waals surface area contributed by atoms with E-state index in [-0.39, 0.29) is 17.4 Å². The fourth-order valence-corrected chi connectivity index (χ4v) is 6.52. The summed E-state index contributed by atoms with van der Waals surface area (Å²) in [5, 5.41) is 12.9. The molecule has 1 aliphatic heterocycles. The van der Waals surface area contributed by atoms with Crippen LogP contribution in [0, 0.1) is 0 Å². The second-order valence-corrected chi connectivity index (χ2v) is 12.2. The SMILES string of the molecule is C1CCC(NC2CCCCC2)CC1.CC(=O)SCCC(=O)N1C(C(=O)O)CSC1(C)C. The molecular formula is C23H40N2O4S2. The van der Waals surface area contributed by atoms with Gasteiger partial charge in [0.25, 0.3) is 0 Å². The van der Waals surface area contributed by atoms with Crippen molar-refractivity contribution in [3.8, 4) is 0 Å². The van der Waals surface area contributed by atoms with E-state index in [9.17, 15) is 14.4 Å². The average Bonchev–Trinajstić information content (AvgIpc) is 3.05. The van der Waals surface area contributed by atoms with Gasteiger partial charge in [0.15, 0.2) is 5.12 Å². The summed E-state index contributed by atoms with van der Waals surface area (Å²) in [7, 11) is 0. The molecule has 6 nitrogen and oxygen atoms in total. The maximum atomic E-state index is 12.1.